The number of nitrogens with two attached hydrogens (primary N) is 1. The zero-order valence-electron chi connectivity index (χ0n) is 9.19. The van der Waals surface area contributed by atoms with Gasteiger partial charge in [0.25, 0.3) is 0 Å². The molecule has 92 valence electrons. The molecule has 0 aromatic heterocycles. The number of rotatable bonds is 5. The molecule has 2 fully saturated rings. The highest BCUT2D eigenvalue weighted by Gasteiger charge is 2.56. The molecule has 2 saturated carbocycles. The third-order valence-electron chi connectivity index (χ3n) is 3.61. The minimum Gasteiger partial charge on any atom is -0.356 e. The first kappa shape index (κ1) is 11.9. The fraction of sp³-hybridized carbons (Fsp3) is 0.900. The Labute approximate surface area is 95.8 Å². The van der Waals surface area contributed by atoms with E-state index in [1.165, 1.54) is 19.3 Å². The Hall–Kier alpha value is -0.620. The number of carbonyl (C=O) groups is 1. The van der Waals surface area contributed by atoms with Crippen LogP contribution in [0, 0.1) is 17.8 Å². The van der Waals surface area contributed by atoms with Crippen molar-refractivity contribution in [2.24, 2.45) is 22.9 Å². The molecular formula is C10H18N2O3S. The van der Waals surface area contributed by atoms with Crippen molar-refractivity contribution in [3.8, 4) is 0 Å². The number of carbonyl (C=O) groups excluding carboxylic acids is 1. The fourth-order valence-corrected chi connectivity index (χ4v) is 3.36. The molecule has 2 aliphatic rings. The molecule has 0 heterocycles. The topological polar surface area (TPSA) is 89.3 Å². The highest BCUT2D eigenvalue weighted by atomic mass is 32.2. The maximum absolute atomic E-state index is 11.7. The minimum absolute atomic E-state index is 0.0647. The normalized spacial score (nSPS) is 32.2. The maximum Gasteiger partial charge on any atom is 0.223 e. The van der Waals surface area contributed by atoms with Crippen LogP contribution in [0.5, 0.6) is 0 Å². The molecule has 2 atom stereocenters. The molecule has 1 amide bonds. The lowest BCUT2D eigenvalue weighted by Crippen LogP contribution is -2.29. The average Bonchev–Trinajstić information content (AvgIpc) is 2.66. The van der Waals surface area contributed by atoms with Gasteiger partial charge in [-0.3, -0.25) is 4.79 Å². The van der Waals surface area contributed by atoms with Crippen LogP contribution in [0.2, 0.25) is 0 Å². The van der Waals surface area contributed by atoms with E-state index in [0.717, 1.165) is 0 Å². The van der Waals surface area contributed by atoms with Gasteiger partial charge in [0.1, 0.15) is 0 Å². The fourth-order valence-electron chi connectivity index (χ4n) is 2.81. The summed E-state index contributed by atoms with van der Waals surface area (Å²) in [6, 6.07) is 0. The number of hydrogen-bond acceptors (Lipinski definition) is 3. The van der Waals surface area contributed by atoms with Crippen LogP contribution in [-0.4, -0.2) is 26.6 Å². The van der Waals surface area contributed by atoms with Crippen molar-refractivity contribution in [2.75, 3.05) is 12.3 Å². The molecular weight excluding hydrogens is 228 g/mol. The van der Waals surface area contributed by atoms with Gasteiger partial charge in [0, 0.05) is 12.5 Å². The molecule has 0 saturated heterocycles. The first-order valence-corrected chi connectivity index (χ1v) is 7.49. The molecule has 0 spiro atoms. The average molecular weight is 246 g/mol. The SMILES string of the molecule is NS(=O)(=O)CCCNC(=O)C1C2CCCC21. The lowest BCUT2D eigenvalue weighted by Gasteiger charge is -2.05. The summed E-state index contributed by atoms with van der Waals surface area (Å²) in [5.74, 6) is 1.47. The van der Waals surface area contributed by atoms with Gasteiger partial charge < -0.3 is 5.32 Å². The van der Waals surface area contributed by atoms with Crippen molar-refractivity contribution in [1.82, 2.24) is 5.32 Å². The molecule has 5 nitrogen and oxygen atoms in total. The Morgan fingerprint density at radius 3 is 2.50 bits per heavy atom. The van der Waals surface area contributed by atoms with E-state index in [9.17, 15) is 13.2 Å². The zero-order valence-corrected chi connectivity index (χ0v) is 10.0. The summed E-state index contributed by atoms with van der Waals surface area (Å²) in [4.78, 5) is 11.7. The first-order valence-electron chi connectivity index (χ1n) is 5.77. The molecule has 2 aliphatic carbocycles. The van der Waals surface area contributed by atoms with Crippen LogP contribution in [0.15, 0.2) is 0 Å². The van der Waals surface area contributed by atoms with Crippen molar-refractivity contribution in [3.05, 3.63) is 0 Å². The largest absolute Gasteiger partial charge is 0.356 e. The van der Waals surface area contributed by atoms with Gasteiger partial charge in [-0.25, -0.2) is 13.6 Å². The first-order chi connectivity index (χ1) is 7.49. The molecule has 2 unspecified atom stereocenters. The number of nitrogens with one attached hydrogen (secondary N) is 1. The van der Waals surface area contributed by atoms with Crippen LogP contribution < -0.4 is 10.5 Å². The highest BCUT2D eigenvalue weighted by molar-refractivity contribution is 7.89. The summed E-state index contributed by atoms with van der Waals surface area (Å²) in [7, 11) is -3.39. The Balaban J connectivity index is 1.62. The van der Waals surface area contributed by atoms with Gasteiger partial charge in [0.05, 0.1) is 5.75 Å². The maximum atomic E-state index is 11.7. The van der Waals surface area contributed by atoms with Crippen molar-refractivity contribution in [3.63, 3.8) is 0 Å². The summed E-state index contributed by atoms with van der Waals surface area (Å²) in [5.41, 5.74) is 0. The van der Waals surface area contributed by atoms with Crippen LogP contribution in [0.1, 0.15) is 25.7 Å². The van der Waals surface area contributed by atoms with Gasteiger partial charge in [-0.05, 0) is 31.1 Å². The van der Waals surface area contributed by atoms with E-state index >= 15 is 0 Å². The van der Waals surface area contributed by atoms with Crippen LogP contribution in [0.25, 0.3) is 0 Å². The Morgan fingerprint density at radius 1 is 1.31 bits per heavy atom. The minimum atomic E-state index is -3.39. The Bertz CT molecular complexity index is 370. The van der Waals surface area contributed by atoms with Crippen molar-refractivity contribution >= 4 is 15.9 Å². The number of fused-ring (bicyclic) bond motifs is 1. The summed E-state index contributed by atoms with van der Waals surface area (Å²) >= 11 is 0. The van der Waals surface area contributed by atoms with Crippen LogP contribution >= 0.6 is 0 Å². The summed E-state index contributed by atoms with van der Waals surface area (Å²) in [6.45, 7) is 0.408. The van der Waals surface area contributed by atoms with E-state index in [2.05, 4.69) is 5.32 Å². The lowest BCUT2D eigenvalue weighted by atomic mass is 10.1. The second kappa shape index (κ2) is 4.33. The van der Waals surface area contributed by atoms with E-state index in [4.69, 9.17) is 5.14 Å². The standard InChI is InChI=1S/C10H18N2O3S/c11-16(14,15)6-2-5-12-10(13)9-7-3-1-4-8(7)9/h7-9H,1-6H2,(H,12,13)(H2,11,14,15). The molecule has 16 heavy (non-hydrogen) atoms. The van der Waals surface area contributed by atoms with Gasteiger partial charge in [-0.15, -0.1) is 0 Å². The van der Waals surface area contributed by atoms with Crippen LogP contribution in [-0.2, 0) is 14.8 Å². The molecule has 2 rings (SSSR count). The van der Waals surface area contributed by atoms with E-state index < -0.39 is 10.0 Å². The smallest absolute Gasteiger partial charge is 0.223 e. The second-order valence-corrected chi connectivity index (χ2v) is 6.53. The molecule has 0 bridgehead atoms. The van der Waals surface area contributed by atoms with Crippen molar-refractivity contribution in [2.45, 2.75) is 25.7 Å². The zero-order chi connectivity index (χ0) is 11.8. The number of hydrogen-bond donors (Lipinski definition) is 2. The van der Waals surface area contributed by atoms with E-state index in [-0.39, 0.29) is 17.6 Å². The van der Waals surface area contributed by atoms with Crippen LogP contribution in [0.3, 0.4) is 0 Å². The summed E-state index contributed by atoms with van der Waals surface area (Å²) in [5, 5.41) is 7.65. The summed E-state index contributed by atoms with van der Waals surface area (Å²) < 4.78 is 21.3. The van der Waals surface area contributed by atoms with Gasteiger partial charge in [-0.1, -0.05) is 6.42 Å². The predicted molar refractivity (Wildman–Crippen MR) is 59.9 cm³/mol. The van der Waals surface area contributed by atoms with Crippen molar-refractivity contribution in [1.29, 1.82) is 0 Å². The van der Waals surface area contributed by atoms with E-state index in [1.54, 1.807) is 0 Å². The second-order valence-electron chi connectivity index (χ2n) is 4.80. The Kier molecular flexibility index (Phi) is 3.21. The van der Waals surface area contributed by atoms with Crippen molar-refractivity contribution < 1.29 is 13.2 Å². The van der Waals surface area contributed by atoms with Gasteiger partial charge in [-0.2, -0.15) is 0 Å². The predicted octanol–water partition coefficient (Wildman–Crippen LogP) is -0.173. The van der Waals surface area contributed by atoms with E-state index in [0.29, 0.717) is 24.8 Å². The van der Waals surface area contributed by atoms with Gasteiger partial charge >= 0.3 is 0 Å². The third-order valence-corrected chi connectivity index (χ3v) is 4.47. The van der Waals surface area contributed by atoms with E-state index in [1.807, 2.05) is 0 Å². The van der Waals surface area contributed by atoms with Gasteiger partial charge in [0.15, 0.2) is 0 Å². The number of sulfonamides is 1. The molecule has 0 radical (unpaired) electrons. The molecule has 0 aliphatic heterocycles. The highest BCUT2D eigenvalue weighted by Crippen LogP contribution is 2.57. The molecule has 0 aromatic rings. The molecule has 6 heteroatoms. The monoisotopic (exact) mass is 246 g/mol. The molecule has 3 N–H and O–H groups in total. The van der Waals surface area contributed by atoms with Gasteiger partial charge in [0.2, 0.25) is 15.9 Å². The Morgan fingerprint density at radius 2 is 1.94 bits per heavy atom. The lowest BCUT2D eigenvalue weighted by molar-refractivity contribution is -0.123. The third kappa shape index (κ3) is 2.74. The quantitative estimate of drug-likeness (QED) is 0.660. The van der Waals surface area contributed by atoms with Crippen LogP contribution in [0.4, 0.5) is 0 Å². The summed E-state index contributed by atoms with van der Waals surface area (Å²) in [6.07, 6.45) is 4.01. The number of primary sulfonamides is 1. The number of amides is 1. The molecule has 0 aromatic carbocycles.